The van der Waals surface area contributed by atoms with Crippen molar-refractivity contribution in [2.75, 3.05) is 13.1 Å². The van der Waals surface area contributed by atoms with Gasteiger partial charge in [-0.15, -0.1) is 5.10 Å². The normalized spacial score (nSPS) is 16.3. The molecule has 0 radical (unpaired) electrons. The predicted octanol–water partition coefficient (Wildman–Crippen LogP) is 4.76. The maximum Gasteiger partial charge on any atom is 0.253 e. The summed E-state index contributed by atoms with van der Waals surface area (Å²) in [7, 11) is 0. The Hall–Kier alpha value is -3.25. The second-order valence-corrected chi connectivity index (χ2v) is 8.01. The van der Waals surface area contributed by atoms with Gasteiger partial charge in [-0.1, -0.05) is 47.7 Å². The van der Waals surface area contributed by atoms with Gasteiger partial charge >= 0.3 is 0 Å². The topological polar surface area (TPSA) is 51.0 Å². The highest BCUT2D eigenvalue weighted by Crippen LogP contribution is 2.26. The van der Waals surface area contributed by atoms with Crippen LogP contribution < -0.4 is 0 Å². The molecule has 0 saturated carbocycles. The van der Waals surface area contributed by atoms with Crippen molar-refractivity contribution in [3.63, 3.8) is 0 Å². The van der Waals surface area contributed by atoms with Gasteiger partial charge in [0, 0.05) is 24.2 Å². The number of aromatic nitrogens is 3. The predicted molar refractivity (Wildman–Crippen MR) is 115 cm³/mol. The Bertz CT molecular complexity index is 1100. The van der Waals surface area contributed by atoms with Crippen LogP contribution in [0.3, 0.4) is 0 Å². The van der Waals surface area contributed by atoms with Crippen molar-refractivity contribution in [1.29, 1.82) is 0 Å². The minimum atomic E-state index is 0.0766. The number of hydrogen-bond donors (Lipinski definition) is 0. The molecule has 29 heavy (non-hydrogen) atoms. The van der Waals surface area contributed by atoms with E-state index < -0.39 is 0 Å². The zero-order chi connectivity index (χ0) is 19.6. The van der Waals surface area contributed by atoms with E-state index in [1.807, 2.05) is 70.4 Å². The zero-order valence-electron chi connectivity index (χ0n) is 15.8. The van der Waals surface area contributed by atoms with Gasteiger partial charge in [0.1, 0.15) is 5.69 Å². The highest BCUT2D eigenvalue weighted by Gasteiger charge is 2.29. The smallest absolute Gasteiger partial charge is 0.253 e. The number of amides is 1. The van der Waals surface area contributed by atoms with E-state index in [1.54, 1.807) is 11.3 Å². The van der Waals surface area contributed by atoms with E-state index in [2.05, 4.69) is 27.1 Å². The lowest BCUT2D eigenvalue weighted by Gasteiger charge is -2.16. The van der Waals surface area contributed by atoms with E-state index in [-0.39, 0.29) is 11.9 Å². The van der Waals surface area contributed by atoms with Crippen molar-refractivity contribution >= 4 is 17.2 Å². The maximum atomic E-state index is 12.9. The molecule has 1 atom stereocenters. The summed E-state index contributed by atoms with van der Waals surface area (Å²) in [4.78, 5) is 14.8. The van der Waals surface area contributed by atoms with Crippen molar-refractivity contribution < 1.29 is 4.79 Å². The van der Waals surface area contributed by atoms with Gasteiger partial charge in [-0.25, -0.2) is 4.68 Å². The molecule has 2 aromatic heterocycles. The lowest BCUT2D eigenvalue weighted by Crippen LogP contribution is -2.29. The molecule has 1 unspecified atom stereocenters. The van der Waals surface area contributed by atoms with Crippen LogP contribution in [0.15, 0.2) is 77.6 Å². The van der Waals surface area contributed by atoms with Crippen LogP contribution in [0.2, 0.25) is 0 Å². The summed E-state index contributed by atoms with van der Waals surface area (Å²) >= 11 is 1.68. The lowest BCUT2D eigenvalue weighted by molar-refractivity contribution is 0.0787. The minimum absolute atomic E-state index is 0.0766. The van der Waals surface area contributed by atoms with E-state index in [0.29, 0.717) is 6.54 Å². The fourth-order valence-electron chi connectivity index (χ4n) is 3.76. The first-order chi connectivity index (χ1) is 14.3. The minimum Gasteiger partial charge on any atom is -0.336 e. The average Bonchev–Trinajstić information content (AvgIpc) is 3.55. The molecule has 4 aromatic rings. The Labute approximate surface area is 173 Å². The fraction of sp³-hybridized carbons (Fsp3) is 0.174. The van der Waals surface area contributed by atoms with Crippen molar-refractivity contribution in [1.82, 2.24) is 19.9 Å². The molecule has 1 saturated heterocycles. The first-order valence-electron chi connectivity index (χ1n) is 9.67. The first kappa shape index (κ1) is 17.8. The van der Waals surface area contributed by atoms with Gasteiger partial charge in [-0.2, -0.15) is 11.3 Å². The largest absolute Gasteiger partial charge is 0.336 e. The lowest BCUT2D eigenvalue weighted by atomic mass is 10.1. The molecular weight excluding hydrogens is 380 g/mol. The molecule has 5 nitrogen and oxygen atoms in total. The van der Waals surface area contributed by atoms with Crippen LogP contribution in [0, 0.1) is 0 Å². The summed E-state index contributed by atoms with van der Waals surface area (Å²) in [5, 5.41) is 12.8. The Kier molecular flexibility index (Phi) is 4.69. The summed E-state index contributed by atoms with van der Waals surface area (Å²) in [6.45, 7) is 1.39. The van der Waals surface area contributed by atoms with Crippen molar-refractivity contribution in [2.24, 2.45) is 0 Å². The van der Waals surface area contributed by atoms with Crippen LogP contribution in [-0.2, 0) is 0 Å². The number of likely N-dealkylation sites (tertiary alicyclic amines) is 1. The Morgan fingerprint density at radius 2 is 1.79 bits per heavy atom. The fourth-order valence-corrected chi connectivity index (χ4v) is 4.42. The van der Waals surface area contributed by atoms with Gasteiger partial charge in [-0.3, -0.25) is 4.79 Å². The average molecular weight is 401 g/mol. The second kappa shape index (κ2) is 7.64. The Balaban J connectivity index is 1.27. The summed E-state index contributed by atoms with van der Waals surface area (Å²) in [6.07, 6.45) is 2.86. The summed E-state index contributed by atoms with van der Waals surface area (Å²) in [6, 6.07) is 20.2. The maximum absolute atomic E-state index is 12.9. The summed E-state index contributed by atoms with van der Waals surface area (Å²) < 4.78 is 1.90. The molecule has 5 rings (SSSR count). The van der Waals surface area contributed by atoms with Gasteiger partial charge in [-0.05, 0) is 46.5 Å². The molecule has 0 aliphatic carbocycles. The molecule has 1 fully saturated rings. The summed E-state index contributed by atoms with van der Waals surface area (Å²) in [5.41, 5.74) is 4.97. The molecule has 0 N–H and O–H groups in total. The quantitative estimate of drug-likeness (QED) is 0.496. The van der Waals surface area contributed by atoms with E-state index in [4.69, 9.17) is 0 Å². The van der Waals surface area contributed by atoms with Crippen molar-refractivity contribution in [3.8, 4) is 22.4 Å². The zero-order valence-corrected chi connectivity index (χ0v) is 16.6. The number of hydrogen-bond acceptors (Lipinski definition) is 4. The van der Waals surface area contributed by atoms with Crippen LogP contribution in [0.25, 0.3) is 22.4 Å². The van der Waals surface area contributed by atoms with Gasteiger partial charge < -0.3 is 4.90 Å². The van der Waals surface area contributed by atoms with Gasteiger partial charge in [0.25, 0.3) is 5.91 Å². The molecule has 2 aromatic carbocycles. The molecule has 1 aliphatic rings. The van der Waals surface area contributed by atoms with Crippen LogP contribution in [-0.4, -0.2) is 38.9 Å². The Morgan fingerprint density at radius 3 is 2.55 bits per heavy atom. The van der Waals surface area contributed by atoms with Gasteiger partial charge in [0.2, 0.25) is 0 Å². The number of thiophene rings is 1. The number of carbonyl (C=O) groups excluding carboxylic acids is 1. The molecule has 144 valence electrons. The molecule has 6 heteroatoms. The van der Waals surface area contributed by atoms with Crippen LogP contribution in [0.4, 0.5) is 0 Å². The van der Waals surface area contributed by atoms with Crippen LogP contribution >= 0.6 is 11.3 Å². The number of rotatable bonds is 4. The standard InChI is InChI=1S/C23H20N4OS/c28-23(19-8-6-17(7-9-19)20-11-13-29-16-20)26-12-10-21(14-26)27-15-22(24-25-27)18-4-2-1-3-5-18/h1-9,11,13,15-16,21H,10,12,14H2. The second-order valence-electron chi connectivity index (χ2n) is 7.23. The molecule has 1 amide bonds. The van der Waals surface area contributed by atoms with E-state index in [0.717, 1.165) is 35.3 Å². The van der Waals surface area contributed by atoms with E-state index in [9.17, 15) is 4.79 Å². The van der Waals surface area contributed by atoms with Gasteiger partial charge in [0.05, 0.1) is 12.2 Å². The van der Waals surface area contributed by atoms with Crippen LogP contribution in [0.5, 0.6) is 0 Å². The molecule has 1 aliphatic heterocycles. The van der Waals surface area contributed by atoms with Gasteiger partial charge in [0.15, 0.2) is 0 Å². The molecule has 3 heterocycles. The van der Waals surface area contributed by atoms with E-state index >= 15 is 0 Å². The third-order valence-electron chi connectivity index (χ3n) is 5.39. The first-order valence-corrected chi connectivity index (χ1v) is 10.6. The highest BCUT2D eigenvalue weighted by molar-refractivity contribution is 7.08. The molecule has 0 bridgehead atoms. The third-order valence-corrected chi connectivity index (χ3v) is 6.07. The van der Waals surface area contributed by atoms with Crippen molar-refractivity contribution in [3.05, 3.63) is 83.2 Å². The third kappa shape index (κ3) is 3.59. The number of benzene rings is 2. The number of carbonyl (C=O) groups is 1. The monoisotopic (exact) mass is 400 g/mol. The number of nitrogens with zero attached hydrogens (tertiary/aromatic N) is 4. The molecular formula is C23H20N4OS. The van der Waals surface area contributed by atoms with Crippen LogP contribution in [0.1, 0.15) is 22.8 Å². The summed E-state index contributed by atoms with van der Waals surface area (Å²) in [5.74, 6) is 0.0766. The van der Waals surface area contributed by atoms with E-state index in [1.165, 1.54) is 5.56 Å². The van der Waals surface area contributed by atoms with Crippen molar-refractivity contribution in [2.45, 2.75) is 12.5 Å². The highest BCUT2D eigenvalue weighted by atomic mass is 32.1. The SMILES string of the molecule is O=C(c1ccc(-c2ccsc2)cc1)N1CCC(n2cc(-c3ccccc3)nn2)C1. The Morgan fingerprint density at radius 1 is 0.966 bits per heavy atom. The molecule has 0 spiro atoms.